The second-order valence-electron chi connectivity index (χ2n) is 6.57. The largest absolute Gasteiger partial charge is 0.497 e. The summed E-state index contributed by atoms with van der Waals surface area (Å²) in [5.41, 5.74) is 0.678. The Morgan fingerprint density at radius 3 is 2.38 bits per heavy atom. The molecule has 1 aliphatic heterocycles. The van der Waals surface area contributed by atoms with Crippen molar-refractivity contribution in [3.05, 3.63) is 29.8 Å². The number of piperidine rings is 1. The molecule has 6 heteroatoms. The van der Waals surface area contributed by atoms with Gasteiger partial charge in [0, 0.05) is 31.0 Å². The lowest BCUT2D eigenvalue weighted by atomic mass is 10.0. The van der Waals surface area contributed by atoms with Crippen LogP contribution in [0.1, 0.15) is 55.8 Å². The van der Waals surface area contributed by atoms with Crippen LogP contribution in [0.5, 0.6) is 5.75 Å². The lowest BCUT2D eigenvalue weighted by Crippen LogP contribution is -2.46. The average Bonchev–Trinajstić information content (AvgIpc) is 2.66. The number of hydrogen-bond donors (Lipinski definition) is 1. The lowest BCUT2D eigenvalue weighted by Gasteiger charge is -2.34. The first-order chi connectivity index (χ1) is 12.2. The number of methoxy groups -OCH3 is 1. The predicted octanol–water partition coefficient (Wildman–Crippen LogP) is 3.46. The zero-order chi connectivity index (χ0) is 18.1. The van der Waals surface area contributed by atoms with Gasteiger partial charge in [0.2, 0.25) is 5.91 Å². The van der Waals surface area contributed by atoms with E-state index in [0.717, 1.165) is 44.6 Å². The normalized spacial score (nSPS) is 14.4. The summed E-state index contributed by atoms with van der Waals surface area (Å²) in [5.74, 6) is 1.01. The number of ketones is 1. The molecule has 146 valence electrons. The number of ether oxygens (including phenoxy) is 1. The first-order valence-electron chi connectivity index (χ1n) is 9.33. The van der Waals surface area contributed by atoms with Gasteiger partial charge in [-0.1, -0.05) is 6.92 Å². The summed E-state index contributed by atoms with van der Waals surface area (Å²) in [6, 6.07) is 7.49. The lowest BCUT2D eigenvalue weighted by molar-refractivity contribution is -0.134. The third-order valence-corrected chi connectivity index (χ3v) is 4.74. The van der Waals surface area contributed by atoms with E-state index in [1.54, 1.807) is 31.4 Å². The molecular weight excluding hydrogens is 352 g/mol. The van der Waals surface area contributed by atoms with Crippen LogP contribution in [0.2, 0.25) is 0 Å². The second-order valence-corrected chi connectivity index (χ2v) is 6.57. The highest BCUT2D eigenvalue weighted by molar-refractivity contribution is 5.96. The molecule has 1 aliphatic rings. The van der Waals surface area contributed by atoms with Crippen molar-refractivity contribution in [2.45, 2.75) is 51.5 Å². The molecule has 0 saturated carbocycles. The molecule has 0 atom stereocenters. The summed E-state index contributed by atoms with van der Waals surface area (Å²) < 4.78 is 5.10. The molecule has 1 aromatic carbocycles. The van der Waals surface area contributed by atoms with E-state index in [2.05, 4.69) is 12.2 Å². The van der Waals surface area contributed by atoms with Crippen LogP contribution < -0.4 is 10.1 Å². The fourth-order valence-electron chi connectivity index (χ4n) is 3.34. The van der Waals surface area contributed by atoms with Crippen LogP contribution >= 0.6 is 12.4 Å². The van der Waals surface area contributed by atoms with Crippen LogP contribution in [-0.2, 0) is 4.79 Å². The van der Waals surface area contributed by atoms with Gasteiger partial charge in [-0.05, 0) is 63.0 Å². The van der Waals surface area contributed by atoms with E-state index in [-0.39, 0.29) is 24.1 Å². The maximum atomic E-state index is 12.6. The Balaban J connectivity index is 0.00000338. The summed E-state index contributed by atoms with van der Waals surface area (Å²) >= 11 is 0. The van der Waals surface area contributed by atoms with Gasteiger partial charge < -0.3 is 15.0 Å². The third kappa shape index (κ3) is 6.61. The number of halogens is 1. The molecule has 0 unspecified atom stereocenters. The molecule has 0 aromatic heterocycles. The Morgan fingerprint density at radius 1 is 1.15 bits per heavy atom. The van der Waals surface area contributed by atoms with Gasteiger partial charge in [0.1, 0.15) is 5.75 Å². The molecule has 0 spiro atoms. The predicted molar refractivity (Wildman–Crippen MR) is 106 cm³/mol. The molecule has 0 bridgehead atoms. The van der Waals surface area contributed by atoms with Gasteiger partial charge in [-0.3, -0.25) is 9.59 Å². The molecule has 1 aromatic rings. The van der Waals surface area contributed by atoms with E-state index in [0.29, 0.717) is 30.9 Å². The minimum Gasteiger partial charge on any atom is -0.497 e. The van der Waals surface area contributed by atoms with Crippen LogP contribution in [0, 0.1) is 0 Å². The molecule has 1 amide bonds. The van der Waals surface area contributed by atoms with Crippen molar-refractivity contribution < 1.29 is 14.3 Å². The Kier molecular flexibility index (Phi) is 10.3. The van der Waals surface area contributed by atoms with Gasteiger partial charge in [0.15, 0.2) is 5.78 Å². The zero-order valence-electron chi connectivity index (χ0n) is 15.8. The number of Topliss-reactive ketones (excluding diaryl/α,β-unsaturated/α-hetero) is 1. The Bertz CT molecular complexity index is 557. The summed E-state index contributed by atoms with van der Waals surface area (Å²) in [6.45, 7) is 4.88. The number of rotatable bonds is 9. The number of nitrogens with zero attached hydrogens (tertiary/aromatic N) is 1. The Hall–Kier alpha value is -1.59. The minimum atomic E-state index is 0. The Labute approximate surface area is 162 Å². The number of carbonyl (C=O) groups is 2. The first-order valence-corrected chi connectivity index (χ1v) is 9.33. The van der Waals surface area contributed by atoms with Crippen molar-refractivity contribution >= 4 is 24.1 Å². The van der Waals surface area contributed by atoms with Crippen molar-refractivity contribution in [3.8, 4) is 5.75 Å². The smallest absolute Gasteiger partial charge is 0.222 e. The highest BCUT2D eigenvalue weighted by Crippen LogP contribution is 2.17. The second kappa shape index (κ2) is 11.9. The van der Waals surface area contributed by atoms with E-state index in [1.807, 2.05) is 4.90 Å². The Morgan fingerprint density at radius 2 is 1.81 bits per heavy atom. The standard InChI is InChI=1S/C20H30N2O3.ClH/c1-3-15-22(17-11-13-21-14-12-17)20(24)6-4-5-19(23)16-7-9-18(25-2)10-8-16;/h7-10,17,21H,3-6,11-15H2,1-2H3;1H. The van der Waals surface area contributed by atoms with Crippen molar-refractivity contribution in [1.82, 2.24) is 10.2 Å². The molecule has 26 heavy (non-hydrogen) atoms. The highest BCUT2D eigenvalue weighted by Gasteiger charge is 2.24. The SMILES string of the molecule is CCCN(C(=O)CCCC(=O)c1ccc(OC)cc1)C1CCNCC1.Cl. The monoisotopic (exact) mass is 382 g/mol. The van der Waals surface area contributed by atoms with Crippen molar-refractivity contribution in [2.75, 3.05) is 26.7 Å². The van der Waals surface area contributed by atoms with Gasteiger partial charge in [0.25, 0.3) is 0 Å². The van der Waals surface area contributed by atoms with Crippen molar-refractivity contribution in [2.24, 2.45) is 0 Å². The molecular formula is C20H31ClN2O3. The van der Waals surface area contributed by atoms with Crippen LogP contribution in [0.4, 0.5) is 0 Å². The topological polar surface area (TPSA) is 58.6 Å². The van der Waals surface area contributed by atoms with Gasteiger partial charge >= 0.3 is 0 Å². The van der Waals surface area contributed by atoms with E-state index >= 15 is 0 Å². The summed E-state index contributed by atoms with van der Waals surface area (Å²) in [7, 11) is 1.60. The molecule has 0 radical (unpaired) electrons. The number of carbonyl (C=O) groups excluding carboxylic acids is 2. The van der Waals surface area contributed by atoms with Gasteiger partial charge in [-0.25, -0.2) is 0 Å². The average molecular weight is 383 g/mol. The third-order valence-electron chi connectivity index (χ3n) is 4.74. The number of amides is 1. The van der Waals surface area contributed by atoms with Gasteiger partial charge in [-0.15, -0.1) is 12.4 Å². The van der Waals surface area contributed by atoms with E-state index in [9.17, 15) is 9.59 Å². The zero-order valence-corrected chi connectivity index (χ0v) is 16.6. The summed E-state index contributed by atoms with van der Waals surface area (Å²) in [6.07, 6.45) is 4.48. The number of benzene rings is 1. The number of hydrogen-bond acceptors (Lipinski definition) is 4. The van der Waals surface area contributed by atoms with E-state index < -0.39 is 0 Å². The molecule has 1 saturated heterocycles. The highest BCUT2D eigenvalue weighted by atomic mass is 35.5. The molecule has 5 nitrogen and oxygen atoms in total. The van der Waals surface area contributed by atoms with Gasteiger partial charge in [0.05, 0.1) is 7.11 Å². The minimum absolute atomic E-state index is 0. The maximum Gasteiger partial charge on any atom is 0.222 e. The summed E-state index contributed by atoms with van der Waals surface area (Å²) in [4.78, 5) is 26.9. The van der Waals surface area contributed by atoms with Crippen LogP contribution in [0.3, 0.4) is 0 Å². The van der Waals surface area contributed by atoms with Crippen molar-refractivity contribution in [1.29, 1.82) is 0 Å². The fraction of sp³-hybridized carbons (Fsp3) is 0.600. The first kappa shape index (κ1) is 22.5. The summed E-state index contributed by atoms with van der Waals surface area (Å²) in [5, 5.41) is 3.34. The van der Waals surface area contributed by atoms with Crippen LogP contribution in [0.15, 0.2) is 24.3 Å². The van der Waals surface area contributed by atoms with Crippen LogP contribution in [0.25, 0.3) is 0 Å². The van der Waals surface area contributed by atoms with E-state index in [4.69, 9.17) is 4.74 Å². The van der Waals surface area contributed by atoms with E-state index in [1.165, 1.54) is 0 Å². The van der Waals surface area contributed by atoms with Gasteiger partial charge in [-0.2, -0.15) is 0 Å². The molecule has 1 fully saturated rings. The molecule has 1 heterocycles. The molecule has 2 rings (SSSR count). The van der Waals surface area contributed by atoms with Crippen molar-refractivity contribution in [3.63, 3.8) is 0 Å². The quantitative estimate of drug-likeness (QED) is 0.664. The fourth-order valence-corrected chi connectivity index (χ4v) is 3.34. The molecule has 0 aliphatic carbocycles. The number of nitrogens with one attached hydrogen (secondary N) is 1. The molecule has 1 N–H and O–H groups in total. The maximum absolute atomic E-state index is 12.6. The van der Waals surface area contributed by atoms with Crippen LogP contribution in [-0.4, -0.2) is 49.4 Å².